The van der Waals surface area contributed by atoms with Gasteiger partial charge in [0.15, 0.2) is 5.65 Å². The van der Waals surface area contributed by atoms with Crippen molar-refractivity contribution in [1.29, 1.82) is 0 Å². The minimum Gasteiger partial charge on any atom is -0.491 e. The van der Waals surface area contributed by atoms with E-state index in [1.54, 1.807) is 10.7 Å². The van der Waals surface area contributed by atoms with Crippen molar-refractivity contribution in [3.8, 4) is 17.2 Å². The van der Waals surface area contributed by atoms with E-state index in [0.29, 0.717) is 35.7 Å². The maximum Gasteiger partial charge on any atom is 0.320 e. The largest absolute Gasteiger partial charge is 0.491 e. The fourth-order valence-electron chi connectivity index (χ4n) is 6.96. The van der Waals surface area contributed by atoms with Gasteiger partial charge in [-0.15, -0.1) is 10.2 Å². The summed E-state index contributed by atoms with van der Waals surface area (Å²) in [6.45, 7) is 10.5. The van der Waals surface area contributed by atoms with Crippen molar-refractivity contribution >= 4 is 41.5 Å². The molecule has 14 nitrogen and oxygen atoms in total. The molecule has 2 aromatic carbocycles. The van der Waals surface area contributed by atoms with E-state index in [0.717, 1.165) is 72.2 Å². The van der Waals surface area contributed by atoms with Gasteiger partial charge in [0.1, 0.15) is 30.0 Å². The molecule has 15 heteroatoms. The lowest BCUT2D eigenvalue weighted by atomic mass is 9.85. The minimum atomic E-state index is -0.320. The second kappa shape index (κ2) is 17.0. The van der Waals surface area contributed by atoms with Gasteiger partial charge in [-0.1, -0.05) is 56.6 Å². The highest BCUT2D eigenvalue weighted by atomic mass is 35.5. The van der Waals surface area contributed by atoms with Crippen LogP contribution in [0.15, 0.2) is 66.9 Å². The number of amides is 2. The topological polar surface area (TPSA) is 151 Å². The molecule has 3 aromatic heterocycles. The van der Waals surface area contributed by atoms with Crippen LogP contribution in [0.25, 0.3) is 11.3 Å². The SMILES string of the molecule is C[C@@H]1CCCN1c1nnc2ccc(O[C@@H]3CC[C@H](NC(=O)Nc4cc(C(C)(C)C)nn4-c4ccc(Cl)c(OCCN(C)C)c4)c4ccccc43)cn12.O=CO. The monoisotopic (exact) mass is 771 g/mol. The van der Waals surface area contributed by atoms with E-state index in [2.05, 4.69) is 65.6 Å². The number of carboxylic acid groups (broad SMARTS) is 1. The van der Waals surface area contributed by atoms with E-state index < -0.39 is 0 Å². The number of carbonyl (C=O) groups is 2. The summed E-state index contributed by atoms with van der Waals surface area (Å²) < 4.78 is 16.4. The van der Waals surface area contributed by atoms with Crippen LogP contribution < -0.4 is 25.0 Å². The molecule has 3 N–H and O–H groups in total. The number of carbonyl (C=O) groups excluding carboxylic acids is 1. The van der Waals surface area contributed by atoms with Gasteiger partial charge in [-0.05, 0) is 82.1 Å². The highest BCUT2D eigenvalue weighted by Gasteiger charge is 2.31. The molecule has 0 unspecified atom stereocenters. The van der Waals surface area contributed by atoms with Crippen LogP contribution in [-0.2, 0) is 10.2 Å². The Hall–Kier alpha value is -5.34. The van der Waals surface area contributed by atoms with Crippen LogP contribution in [0, 0.1) is 0 Å². The van der Waals surface area contributed by atoms with Gasteiger partial charge in [-0.2, -0.15) is 5.10 Å². The van der Waals surface area contributed by atoms with Crippen LogP contribution in [-0.4, -0.2) is 86.7 Å². The first-order valence-corrected chi connectivity index (χ1v) is 18.9. The van der Waals surface area contributed by atoms with Crippen LogP contribution in [0.1, 0.15) is 82.3 Å². The first-order chi connectivity index (χ1) is 26.4. The van der Waals surface area contributed by atoms with Gasteiger partial charge in [0.05, 0.1) is 28.6 Å². The highest BCUT2D eigenvalue weighted by molar-refractivity contribution is 6.32. The average molecular weight is 772 g/mol. The molecule has 0 radical (unpaired) electrons. The van der Waals surface area contributed by atoms with E-state index in [4.69, 9.17) is 36.1 Å². The van der Waals surface area contributed by atoms with Crippen LogP contribution in [0.4, 0.5) is 16.6 Å². The second-order valence-corrected chi connectivity index (χ2v) is 15.6. The molecule has 4 heterocycles. The van der Waals surface area contributed by atoms with Crippen LogP contribution in [0.2, 0.25) is 5.02 Å². The average Bonchev–Trinajstić information content (AvgIpc) is 3.88. The molecule has 3 atom stereocenters. The highest BCUT2D eigenvalue weighted by Crippen LogP contribution is 2.39. The number of aromatic nitrogens is 5. The smallest absolute Gasteiger partial charge is 0.320 e. The first kappa shape index (κ1) is 39.4. The Kier molecular flexibility index (Phi) is 12.2. The zero-order valence-corrected chi connectivity index (χ0v) is 33.0. The molecule has 7 rings (SSSR count). The lowest BCUT2D eigenvalue weighted by Crippen LogP contribution is -2.36. The number of anilines is 2. The molecule has 2 aliphatic rings. The molecule has 0 bridgehead atoms. The number of nitrogens with zero attached hydrogens (tertiary/aromatic N) is 7. The van der Waals surface area contributed by atoms with Crippen LogP contribution >= 0.6 is 11.6 Å². The summed E-state index contributed by atoms with van der Waals surface area (Å²) in [5.74, 6) is 2.70. The first-order valence-electron chi connectivity index (χ1n) is 18.6. The molecule has 1 fully saturated rings. The van der Waals surface area contributed by atoms with E-state index in [1.165, 1.54) is 0 Å². The number of rotatable bonds is 10. The summed E-state index contributed by atoms with van der Waals surface area (Å²) in [6, 6.07) is 19.4. The van der Waals surface area contributed by atoms with Gasteiger partial charge in [-0.3, -0.25) is 14.5 Å². The van der Waals surface area contributed by atoms with Gasteiger partial charge < -0.3 is 29.7 Å². The van der Waals surface area contributed by atoms with Crippen molar-refractivity contribution in [1.82, 2.24) is 34.6 Å². The van der Waals surface area contributed by atoms with Crippen molar-refractivity contribution in [2.24, 2.45) is 0 Å². The normalized spacial score (nSPS) is 18.0. The Morgan fingerprint density at radius 1 is 1.05 bits per heavy atom. The lowest BCUT2D eigenvalue weighted by Gasteiger charge is -2.32. The third kappa shape index (κ3) is 9.14. The second-order valence-electron chi connectivity index (χ2n) is 15.2. The Labute approximate surface area is 326 Å². The molecule has 1 aliphatic heterocycles. The number of fused-ring (bicyclic) bond motifs is 2. The quantitative estimate of drug-likeness (QED) is 0.124. The Morgan fingerprint density at radius 3 is 2.53 bits per heavy atom. The fourth-order valence-corrected chi connectivity index (χ4v) is 7.13. The van der Waals surface area contributed by atoms with Crippen LogP contribution in [0.3, 0.4) is 0 Å². The van der Waals surface area contributed by atoms with Crippen molar-refractivity contribution in [3.05, 3.63) is 88.7 Å². The molecule has 5 aromatic rings. The van der Waals surface area contributed by atoms with Gasteiger partial charge in [-0.25, -0.2) is 9.48 Å². The summed E-state index contributed by atoms with van der Waals surface area (Å²) in [7, 11) is 3.98. The number of hydrogen-bond acceptors (Lipinski definition) is 9. The molecular weight excluding hydrogens is 722 g/mol. The van der Waals surface area contributed by atoms with E-state index in [-0.39, 0.29) is 30.1 Å². The standard InChI is InChI=1S/C39H48ClN9O3.CH2O2/c1-25-10-9-19-47(25)38-44-43-35-18-14-27(24-48(35)38)52-32-17-16-31(28-11-7-8-12-29(28)32)41-37(50)42-36-23-34(39(2,3)4)45-49(36)26-13-15-30(40)33(22-26)51-21-20-46(5)6;2-1-3/h7-8,11-15,18,22-25,31-32H,9-10,16-17,19-21H2,1-6H3,(H2,41,42,50);1H,(H,2,3)/t25-,31+,32-;/m1./s1. The number of pyridine rings is 1. The minimum absolute atomic E-state index is 0.171. The van der Waals surface area contributed by atoms with Crippen molar-refractivity contribution in [2.75, 3.05) is 44.0 Å². The number of urea groups is 1. The summed E-state index contributed by atoms with van der Waals surface area (Å²) in [5, 5.41) is 27.5. The molecule has 55 heavy (non-hydrogen) atoms. The maximum atomic E-state index is 13.7. The lowest BCUT2D eigenvalue weighted by molar-refractivity contribution is -0.122. The number of nitrogens with one attached hydrogen (secondary N) is 2. The molecule has 0 saturated carbocycles. The Balaban J connectivity index is 0.00000166. The maximum absolute atomic E-state index is 13.7. The van der Waals surface area contributed by atoms with E-state index in [1.807, 2.05) is 72.1 Å². The zero-order valence-electron chi connectivity index (χ0n) is 32.2. The summed E-state index contributed by atoms with van der Waals surface area (Å²) in [5.41, 5.74) is 4.19. The number of hydrogen-bond donors (Lipinski definition) is 3. The molecule has 0 spiro atoms. The van der Waals surface area contributed by atoms with Crippen molar-refractivity contribution < 1.29 is 24.2 Å². The van der Waals surface area contributed by atoms with Gasteiger partial charge in [0, 0.05) is 36.7 Å². The predicted octanol–water partition coefficient (Wildman–Crippen LogP) is 7.27. The number of ether oxygens (including phenoxy) is 2. The molecule has 1 aliphatic carbocycles. The molecular formula is C40H50ClN9O5. The van der Waals surface area contributed by atoms with Crippen LogP contribution in [0.5, 0.6) is 11.5 Å². The van der Waals surface area contributed by atoms with E-state index >= 15 is 0 Å². The molecule has 292 valence electrons. The summed E-state index contributed by atoms with van der Waals surface area (Å²) >= 11 is 6.50. The third-order valence-electron chi connectivity index (χ3n) is 9.86. The van der Waals surface area contributed by atoms with Gasteiger partial charge in [0.25, 0.3) is 6.47 Å². The summed E-state index contributed by atoms with van der Waals surface area (Å²) in [4.78, 5) is 26.4. The van der Waals surface area contributed by atoms with Crippen molar-refractivity contribution in [3.63, 3.8) is 0 Å². The Bertz CT molecular complexity index is 2110. The third-order valence-corrected chi connectivity index (χ3v) is 10.2. The fraction of sp³-hybridized carbons (Fsp3) is 0.425. The molecule has 1 saturated heterocycles. The van der Waals surface area contributed by atoms with Crippen molar-refractivity contribution in [2.45, 2.75) is 77.0 Å². The van der Waals surface area contributed by atoms with E-state index in [9.17, 15) is 4.79 Å². The zero-order chi connectivity index (χ0) is 39.3. The number of benzene rings is 2. The Morgan fingerprint density at radius 2 is 1.82 bits per heavy atom. The molecule has 2 amide bonds. The van der Waals surface area contributed by atoms with Gasteiger partial charge >= 0.3 is 6.03 Å². The summed E-state index contributed by atoms with van der Waals surface area (Å²) in [6.07, 6.45) is 5.55. The van der Waals surface area contributed by atoms with Gasteiger partial charge in [0.2, 0.25) is 5.95 Å². The predicted molar refractivity (Wildman–Crippen MR) is 213 cm³/mol. The number of likely N-dealkylation sites (N-methyl/N-ethyl adjacent to an activating group) is 1. The number of halogens is 1.